The third-order valence-corrected chi connectivity index (χ3v) is 2.16. The fraction of sp³-hybridized carbons (Fsp3) is 0.778. The second-order valence-corrected chi connectivity index (χ2v) is 3.69. The van der Waals surface area contributed by atoms with Crippen LogP contribution >= 0.6 is 0 Å². The van der Waals surface area contributed by atoms with Gasteiger partial charge in [0.05, 0.1) is 13.2 Å². The van der Waals surface area contributed by atoms with Crippen LogP contribution in [0, 0.1) is 0 Å². The second-order valence-electron chi connectivity index (χ2n) is 3.69. The standard InChI is InChI=1S/C9H16O10/c10-1-3(11)2-19-7(9(17)18)5(13)4(12)6(14)8(15)16/h3-7,10-14H,1-2H2,(H,15,16)(H,17,18)/t3?,4-,5-,6-,7+/m0/s1. The smallest absolute Gasteiger partial charge is 0.335 e. The third-order valence-electron chi connectivity index (χ3n) is 2.16. The molecule has 0 saturated carbocycles. The number of rotatable bonds is 9. The number of hydrogen-bond donors (Lipinski definition) is 7. The molecule has 0 heterocycles. The van der Waals surface area contributed by atoms with Crippen LogP contribution in [0.3, 0.4) is 0 Å². The highest BCUT2D eigenvalue weighted by atomic mass is 16.5. The van der Waals surface area contributed by atoms with Crippen LogP contribution in [-0.2, 0) is 14.3 Å². The Kier molecular flexibility index (Phi) is 7.44. The van der Waals surface area contributed by atoms with Gasteiger partial charge in [0.2, 0.25) is 0 Å². The predicted octanol–water partition coefficient (Wildman–Crippen LogP) is -4.02. The summed E-state index contributed by atoms with van der Waals surface area (Å²) in [5, 5.41) is 62.2. The maximum Gasteiger partial charge on any atom is 0.335 e. The average molecular weight is 284 g/mol. The van der Waals surface area contributed by atoms with E-state index in [1.807, 2.05) is 0 Å². The van der Waals surface area contributed by atoms with Crippen molar-refractivity contribution >= 4 is 11.9 Å². The largest absolute Gasteiger partial charge is 0.479 e. The van der Waals surface area contributed by atoms with Gasteiger partial charge in [-0.05, 0) is 0 Å². The Balaban J connectivity index is 4.69. The summed E-state index contributed by atoms with van der Waals surface area (Å²) in [7, 11) is 0. The molecule has 0 aromatic carbocycles. The molecule has 0 aliphatic carbocycles. The Hall–Kier alpha value is -1.30. The van der Waals surface area contributed by atoms with Gasteiger partial charge in [-0.1, -0.05) is 0 Å². The molecule has 19 heavy (non-hydrogen) atoms. The van der Waals surface area contributed by atoms with E-state index >= 15 is 0 Å². The van der Waals surface area contributed by atoms with Gasteiger partial charge < -0.3 is 40.5 Å². The monoisotopic (exact) mass is 284 g/mol. The number of hydrogen-bond acceptors (Lipinski definition) is 8. The van der Waals surface area contributed by atoms with Crippen LogP contribution in [-0.4, -0.2) is 91.4 Å². The number of carboxylic acids is 2. The molecule has 0 fully saturated rings. The molecule has 0 bridgehead atoms. The Labute approximate surface area is 107 Å². The van der Waals surface area contributed by atoms with Crippen molar-refractivity contribution < 1.29 is 50.1 Å². The fourth-order valence-electron chi connectivity index (χ4n) is 1.10. The second kappa shape index (κ2) is 7.99. The van der Waals surface area contributed by atoms with E-state index in [2.05, 4.69) is 4.74 Å². The van der Waals surface area contributed by atoms with Gasteiger partial charge in [0.25, 0.3) is 0 Å². The molecule has 1 unspecified atom stereocenters. The summed E-state index contributed by atoms with van der Waals surface area (Å²) in [5.74, 6) is -3.60. The van der Waals surface area contributed by atoms with Gasteiger partial charge in [0.15, 0.2) is 12.2 Å². The van der Waals surface area contributed by atoms with Crippen molar-refractivity contribution in [2.45, 2.75) is 30.5 Å². The van der Waals surface area contributed by atoms with Gasteiger partial charge >= 0.3 is 11.9 Å². The number of carboxylic acid groups (broad SMARTS) is 2. The number of aliphatic hydroxyl groups excluding tert-OH is 5. The van der Waals surface area contributed by atoms with E-state index in [4.69, 9.17) is 25.5 Å². The van der Waals surface area contributed by atoms with Crippen LogP contribution in [0.2, 0.25) is 0 Å². The van der Waals surface area contributed by atoms with Crippen molar-refractivity contribution in [1.29, 1.82) is 0 Å². The quantitative estimate of drug-likeness (QED) is 0.220. The predicted molar refractivity (Wildman–Crippen MR) is 56.1 cm³/mol. The highest BCUT2D eigenvalue weighted by Gasteiger charge is 2.39. The van der Waals surface area contributed by atoms with Gasteiger partial charge in [0, 0.05) is 0 Å². The van der Waals surface area contributed by atoms with Gasteiger partial charge in [-0.15, -0.1) is 0 Å². The summed E-state index contributed by atoms with van der Waals surface area (Å²) < 4.78 is 4.55. The van der Waals surface area contributed by atoms with Crippen molar-refractivity contribution in [3.8, 4) is 0 Å². The van der Waals surface area contributed by atoms with Gasteiger partial charge in [0.1, 0.15) is 18.3 Å². The normalized spacial score (nSPS) is 19.2. The number of carbonyl (C=O) groups is 2. The van der Waals surface area contributed by atoms with E-state index in [0.29, 0.717) is 0 Å². The van der Waals surface area contributed by atoms with E-state index in [0.717, 1.165) is 0 Å². The molecule has 10 heteroatoms. The minimum Gasteiger partial charge on any atom is -0.479 e. The lowest BCUT2D eigenvalue weighted by Crippen LogP contribution is -2.51. The lowest BCUT2D eigenvalue weighted by Gasteiger charge is -2.26. The van der Waals surface area contributed by atoms with Crippen LogP contribution in [0.15, 0.2) is 0 Å². The maximum absolute atomic E-state index is 10.8. The minimum absolute atomic E-state index is 0.666. The highest BCUT2D eigenvalue weighted by Crippen LogP contribution is 2.10. The highest BCUT2D eigenvalue weighted by molar-refractivity contribution is 5.75. The molecular weight excluding hydrogens is 268 g/mol. The molecule has 10 nitrogen and oxygen atoms in total. The number of ether oxygens (including phenoxy) is 1. The van der Waals surface area contributed by atoms with Crippen molar-refractivity contribution in [3.63, 3.8) is 0 Å². The first-order valence-electron chi connectivity index (χ1n) is 5.12. The first-order chi connectivity index (χ1) is 8.72. The molecule has 0 saturated heterocycles. The molecule has 7 N–H and O–H groups in total. The zero-order chi connectivity index (χ0) is 15.2. The van der Waals surface area contributed by atoms with Crippen molar-refractivity contribution in [3.05, 3.63) is 0 Å². The minimum atomic E-state index is -2.40. The summed E-state index contributed by atoms with van der Waals surface area (Å²) >= 11 is 0. The molecule has 0 radical (unpaired) electrons. The summed E-state index contributed by atoms with van der Waals surface area (Å²) in [5.41, 5.74) is 0. The van der Waals surface area contributed by atoms with E-state index < -0.39 is 55.7 Å². The Morgan fingerprint density at radius 2 is 1.47 bits per heavy atom. The van der Waals surface area contributed by atoms with Crippen LogP contribution in [0.5, 0.6) is 0 Å². The van der Waals surface area contributed by atoms with E-state index in [1.165, 1.54) is 0 Å². The molecule has 0 rings (SSSR count). The van der Waals surface area contributed by atoms with Crippen LogP contribution in [0.4, 0.5) is 0 Å². The molecule has 0 aromatic rings. The summed E-state index contributed by atoms with van der Waals surface area (Å²) in [6.07, 6.45) is -10.4. The Bertz CT molecular complexity index is 305. The van der Waals surface area contributed by atoms with Crippen molar-refractivity contribution in [2.24, 2.45) is 0 Å². The zero-order valence-corrected chi connectivity index (χ0v) is 9.66. The first-order valence-corrected chi connectivity index (χ1v) is 5.12. The lowest BCUT2D eigenvalue weighted by atomic mass is 10.0. The molecule has 112 valence electrons. The lowest BCUT2D eigenvalue weighted by molar-refractivity contribution is -0.181. The van der Waals surface area contributed by atoms with E-state index in [1.54, 1.807) is 0 Å². The number of aliphatic hydroxyl groups is 5. The molecule has 0 aliphatic rings. The summed E-state index contributed by atoms with van der Waals surface area (Å²) in [4.78, 5) is 21.1. The van der Waals surface area contributed by atoms with E-state index in [9.17, 15) is 19.8 Å². The molecule has 0 aromatic heterocycles. The Morgan fingerprint density at radius 3 is 1.84 bits per heavy atom. The molecule has 0 amide bonds. The molecule has 0 aliphatic heterocycles. The Morgan fingerprint density at radius 1 is 0.947 bits per heavy atom. The maximum atomic E-state index is 10.8. The van der Waals surface area contributed by atoms with Gasteiger partial charge in [-0.2, -0.15) is 0 Å². The van der Waals surface area contributed by atoms with Crippen LogP contribution < -0.4 is 0 Å². The summed E-state index contributed by atoms with van der Waals surface area (Å²) in [6, 6.07) is 0. The topological polar surface area (TPSA) is 185 Å². The van der Waals surface area contributed by atoms with Crippen LogP contribution in [0.25, 0.3) is 0 Å². The summed E-state index contributed by atoms with van der Waals surface area (Å²) in [6.45, 7) is -1.39. The zero-order valence-electron chi connectivity index (χ0n) is 9.66. The molecule has 0 spiro atoms. The van der Waals surface area contributed by atoms with E-state index in [-0.39, 0.29) is 0 Å². The van der Waals surface area contributed by atoms with Crippen molar-refractivity contribution in [2.75, 3.05) is 13.2 Å². The average Bonchev–Trinajstić information content (AvgIpc) is 2.35. The SMILES string of the molecule is O=C(O)[C@@H](O)[C@@H](O)[C@H](O)[C@@H](OCC(O)CO)C(=O)O. The van der Waals surface area contributed by atoms with Crippen LogP contribution in [0.1, 0.15) is 0 Å². The molecular formula is C9H16O10. The first kappa shape index (κ1) is 17.7. The van der Waals surface area contributed by atoms with Gasteiger partial charge in [-0.3, -0.25) is 0 Å². The third kappa shape index (κ3) is 5.46. The van der Waals surface area contributed by atoms with Crippen molar-refractivity contribution in [1.82, 2.24) is 0 Å². The molecule has 5 atom stereocenters. The fourth-order valence-corrected chi connectivity index (χ4v) is 1.10. The number of aliphatic carboxylic acids is 2. The van der Waals surface area contributed by atoms with Gasteiger partial charge in [-0.25, -0.2) is 9.59 Å².